The van der Waals surface area contributed by atoms with Gasteiger partial charge in [-0.3, -0.25) is 0 Å². The van der Waals surface area contributed by atoms with Gasteiger partial charge in [0.25, 0.3) is 0 Å². The van der Waals surface area contributed by atoms with Crippen molar-refractivity contribution >= 4 is 11.6 Å². The summed E-state index contributed by atoms with van der Waals surface area (Å²) in [7, 11) is 0. The van der Waals surface area contributed by atoms with Crippen LogP contribution in [-0.4, -0.2) is 20.6 Å². The smallest absolute Gasteiger partial charge is 0.188 e. The maximum atomic E-state index is 5.87. The van der Waals surface area contributed by atoms with Crippen LogP contribution in [0.15, 0.2) is 24.3 Å². The van der Waals surface area contributed by atoms with E-state index in [1.54, 1.807) is 0 Å². The van der Waals surface area contributed by atoms with Crippen LogP contribution in [0.4, 0.5) is 0 Å². The van der Waals surface area contributed by atoms with Crippen LogP contribution in [-0.2, 0) is 6.54 Å². The third-order valence-corrected chi connectivity index (χ3v) is 2.83. The molecule has 0 aliphatic rings. The predicted molar refractivity (Wildman–Crippen MR) is 65.5 cm³/mol. The minimum absolute atomic E-state index is 0.269. The van der Waals surface area contributed by atoms with E-state index in [0.717, 1.165) is 11.4 Å². The zero-order valence-electron chi connectivity index (χ0n) is 9.52. The molecule has 0 saturated carbocycles. The Morgan fingerprint density at radius 1 is 1.35 bits per heavy atom. The van der Waals surface area contributed by atoms with Gasteiger partial charge in [0.1, 0.15) is 0 Å². The van der Waals surface area contributed by atoms with Gasteiger partial charge < -0.3 is 5.32 Å². The van der Waals surface area contributed by atoms with Crippen LogP contribution < -0.4 is 5.32 Å². The van der Waals surface area contributed by atoms with Crippen molar-refractivity contribution in [2.24, 2.45) is 0 Å². The lowest BCUT2D eigenvalue weighted by atomic mass is 10.0. The summed E-state index contributed by atoms with van der Waals surface area (Å²) in [6, 6.07) is 8.12. The Morgan fingerprint density at radius 3 is 2.71 bits per heavy atom. The van der Waals surface area contributed by atoms with Crippen LogP contribution >= 0.6 is 11.6 Å². The van der Waals surface area contributed by atoms with E-state index in [4.69, 9.17) is 11.6 Å². The molecule has 1 atom stereocenters. The van der Waals surface area contributed by atoms with E-state index in [1.807, 2.05) is 24.3 Å². The molecular formula is C11H14ClN5. The monoisotopic (exact) mass is 251 g/mol. The number of benzene rings is 1. The van der Waals surface area contributed by atoms with Crippen LogP contribution in [0, 0.1) is 0 Å². The number of nitrogens with one attached hydrogen (secondary N) is 2. The Morgan fingerprint density at radius 2 is 2.12 bits per heavy atom. The first-order chi connectivity index (χ1) is 8.29. The predicted octanol–water partition coefficient (Wildman–Crippen LogP) is 2.09. The molecule has 1 aromatic heterocycles. The summed E-state index contributed by atoms with van der Waals surface area (Å²) in [5.41, 5.74) is 1.21. The van der Waals surface area contributed by atoms with Crippen molar-refractivity contribution in [3.05, 3.63) is 40.7 Å². The first-order valence-electron chi connectivity index (χ1n) is 5.50. The first kappa shape index (κ1) is 12.0. The number of halogens is 1. The minimum Gasteiger partial charge on any atom is -0.303 e. The fourth-order valence-electron chi connectivity index (χ4n) is 1.66. The molecule has 0 aliphatic heterocycles. The highest BCUT2D eigenvalue weighted by atomic mass is 35.5. The van der Waals surface area contributed by atoms with Crippen LogP contribution in [0.2, 0.25) is 5.02 Å². The number of H-pyrrole nitrogens is 1. The van der Waals surface area contributed by atoms with Gasteiger partial charge in [-0.25, -0.2) is 0 Å². The minimum atomic E-state index is 0.269. The fraction of sp³-hybridized carbons (Fsp3) is 0.364. The Balaban J connectivity index is 1.99. The van der Waals surface area contributed by atoms with Crippen LogP contribution in [0.25, 0.3) is 0 Å². The first-order valence-corrected chi connectivity index (χ1v) is 5.88. The van der Waals surface area contributed by atoms with Gasteiger partial charge in [0.2, 0.25) is 0 Å². The SMILES string of the molecule is CCC(NCc1nn[nH]n1)c1ccc(Cl)cc1. The standard InChI is InChI=1S/C11H14ClN5/c1-2-10(8-3-5-9(12)6-4-8)13-7-11-14-16-17-15-11/h3-6,10,13H,2,7H2,1H3,(H,14,15,16,17). The molecule has 0 radical (unpaired) electrons. The molecule has 2 rings (SSSR count). The van der Waals surface area contributed by atoms with Crippen molar-refractivity contribution in [3.8, 4) is 0 Å². The Kier molecular flexibility index (Phi) is 4.06. The quantitative estimate of drug-likeness (QED) is 0.854. The summed E-state index contributed by atoms with van der Waals surface area (Å²) in [5, 5.41) is 17.9. The Hall–Kier alpha value is -1.46. The lowest BCUT2D eigenvalue weighted by Crippen LogP contribution is -2.20. The molecule has 0 fully saturated rings. The summed E-state index contributed by atoms with van der Waals surface area (Å²) >= 11 is 5.87. The van der Waals surface area contributed by atoms with Crippen LogP contribution in [0.5, 0.6) is 0 Å². The van der Waals surface area contributed by atoms with Gasteiger partial charge in [0.15, 0.2) is 5.82 Å². The average Bonchev–Trinajstić information content (AvgIpc) is 2.85. The van der Waals surface area contributed by atoms with Gasteiger partial charge in [-0.15, -0.1) is 10.2 Å². The number of aromatic nitrogens is 4. The number of nitrogens with zero attached hydrogens (tertiary/aromatic N) is 3. The van der Waals surface area contributed by atoms with Gasteiger partial charge in [0.05, 0.1) is 6.54 Å². The van der Waals surface area contributed by atoms with Crippen molar-refractivity contribution < 1.29 is 0 Å². The second kappa shape index (κ2) is 5.75. The fourth-order valence-corrected chi connectivity index (χ4v) is 1.79. The molecule has 1 heterocycles. The van der Waals surface area contributed by atoms with Gasteiger partial charge in [-0.05, 0) is 24.1 Å². The maximum Gasteiger partial charge on any atom is 0.188 e. The van der Waals surface area contributed by atoms with Crippen LogP contribution in [0.3, 0.4) is 0 Å². The molecule has 2 aromatic rings. The summed E-state index contributed by atoms with van der Waals surface area (Å²) < 4.78 is 0. The van der Waals surface area contributed by atoms with Gasteiger partial charge in [-0.1, -0.05) is 35.9 Å². The van der Waals surface area contributed by atoms with E-state index in [-0.39, 0.29) is 6.04 Å². The van der Waals surface area contributed by atoms with Gasteiger partial charge in [-0.2, -0.15) is 5.21 Å². The molecule has 0 spiro atoms. The van der Waals surface area contributed by atoms with Crippen LogP contribution in [0.1, 0.15) is 30.8 Å². The van der Waals surface area contributed by atoms with E-state index >= 15 is 0 Å². The molecule has 0 bridgehead atoms. The van der Waals surface area contributed by atoms with Crippen molar-refractivity contribution in [1.82, 2.24) is 25.9 Å². The zero-order chi connectivity index (χ0) is 12.1. The van der Waals surface area contributed by atoms with E-state index in [9.17, 15) is 0 Å². The molecule has 1 aromatic carbocycles. The van der Waals surface area contributed by atoms with E-state index in [0.29, 0.717) is 12.4 Å². The molecule has 5 nitrogen and oxygen atoms in total. The summed E-state index contributed by atoms with van der Waals surface area (Å²) in [6.45, 7) is 2.72. The number of hydrogen-bond acceptors (Lipinski definition) is 4. The normalized spacial score (nSPS) is 12.6. The molecule has 6 heteroatoms. The van der Waals surface area contributed by atoms with Crippen molar-refractivity contribution in [1.29, 1.82) is 0 Å². The Bertz CT molecular complexity index is 439. The Labute approximate surface area is 105 Å². The van der Waals surface area contributed by atoms with Gasteiger partial charge in [0, 0.05) is 11.1 Å². The van der Waals surface area contributed by atoms with E-state index in [2.05, 4.69) is 32.9 Å². The van der Waals surface area contributed by atoms with Crippen molar-refractivity contribution in [2.75, 3.05) is 0 Å². The molecule has 17 heavy (non-hydrogen) atoms. The summed E-state index contributed by atoms with van der Waals surface area (Å²) in [5.74, 6) is 0.664. The topological polar surface area (TPSA) is 66.5 Å². The number of hydrogen-bond donors (Lipinski definition) is 2. The van der Waals surface area contributed by atoms with Gasteiger partial charge >= 0.3 is 0 Å². The lowest BCUT2D eigenvalue weighted by Gasteiger charge is -2.16. The zero-order valence-corrected chi connectivity index (χ0v) is 10.3. The average molecular weight is 252 g/mol. The third kappa shape index (κ3) is 3.25. The highest BCUT2D eigenvalue weighted by Crippen LogP contribution is 2.19. The number of aromatic amines is 1. The molecule has 0 amide bonds. The number of tetrazole rings is 1. The second-order valence-electron chi connectivity index (χ2n) is 3.72. The van der Waals surface area contributed by atoms with E-state index < -0.39 is 0 Å². The molecule has 0 saturated heterocycles. The second-order valence-corrected chi connectivity index (χ2v) is 4.16. The van der Waals surface area contributed by atoms with E-state index in [1.165, 1.54) is 5.56 Å². The summed E-state index contributed by atoms with van der Waals surface area (Å²) in [4.78, 5) is 0. The molecule has 1 unspecified atom stereocenters. The molecule has 0 aliphatic carbocycles. The molecular weight excluding hydrogens is 238 g/mol. The lowest BCUT2D eigenvalue weighted by molar-refractivity contribution is 0.508. The van der Waals surface area contributed by atoms with Crippen molar-refractivity contribution in [3.63, 3.8) is 0 Å². The molecule has 90 valence electrons. The number of rotatable bonds is 5. The third-order valence-electron chi connectivity index (χ3n) is 2.58. The largest absolute Gasteiger partial charge is 0.303 e. The van der Waals surface area contributed by atoms with Crippen molar-refractivity contribution in [2.45, 2.75) is 25.9 Å². The highest BCUT2D eigenvalue weighted by Gasteiger charge is 2.09. The highest BCUT2D eigenvalue weighted by molar-refractivity contribution is 6.30. The summed E-state index contributed by atoms with van der Waals surface area (Å²) in [6.07, 6.45) is 0.986. The molecule has 2 N–H and O–H groups in total. The maximum absolute atomic E-state index is 5.87.